The highest BCUT2D eigenvalue weighted by Gasteiger charge is 2.26. The molecule has 14 heteroatoms. The van der Waals surface area contributed by atoms with Crippen LogP contribution in [0.5, 0.6) is 23.1 Å². The topological polar surface area (TPSA) is 159 Å². The van der Waals surface area contributed by atoms with Gasteiger partial charge in [0.2, 0.25) is 5.75 Å². The highest BCUT2D eigenvalue weighted by molar-refractivity contribution is 7.92. The van der Waals surface area contributed by atoms with Gasteiger partial charge in [0, 0.05) is 10.9 Å². The molecule has 1 atom stereocenters. The van der Waals surface area contributed by atoms with E-state index in [-0.39, 0.29) is 45.9 Å². The molecule has 1 saturated heterocycles. The molecule has 0 unspecified atom stereocenters. The van der Waals surface area contributed by atoms with Crippen LogP contribution in [0.4, 0.5) is 5.82 Å². The van der Waals surface area contributed by atoms with Crippen molar-refractivity contribution < 1.29 is 42.3 Å². The fourth-order valence-corrected chi connectivity index (χ4v) is 5.65. The Bertz CT molecular complexity index is 1630. The summed E-state index contributed by atoms with van der Waals surface area (Å²) in [6.07, 6.45) is -1.21. The molecular formula is C32H39N3O9S2. The van der Waals surface area contributed by atoms with Gasteiger partial charge in [-0.3, -0.25) is 4.72 Å². The number of rotatable bonds is 11. The Kier molecular flexibility index (Phi) is 12.3. The Balaban J connectivity index is 0.000000717. The molecule has 0 aliphatic carbocycles. The van der Waals surface area contributed by atoms with Crippen molar-refractivity contribution in [3.63, 3.8) is 0 Å². The zero-order valence-electron chi connectivity index (χ0n) is 26.1. The number of thiophene rings is 1. The highest BCUT2D eigenvalue weighted by Crippen LogP contribution is 2.42. The van der Waals surface area contributed by atoms with Crippen molar-refractivity contribution in [1.82, 2.24) is 9.97 Å². The van der Waals surface area contributed by atoms with Gasteiger partial charge in [-0.25, -0.2) is 13.4 Å². The normalized spacial score (nSPS) is 14.0. The first kappa shape index (κ1) is 35.1. The molecule has 1 fully saturated rings. The number of aliphatic hydroxyl groups is 2. The van der Waals surface area contributed by atoms with Gasteiger partial charge in [-0.15, -0.1) is 0 Å². The van der Waals surface area contributed by atoms with Crippen LogP contribution in [0.1, 0.15) is 26.3 Å². The molecule has 3 N–H and O–H groups in total. The molecule has 0 radical (unpaired) electrons. The van der Waals surface area contributed by atoms with Crippen LogP contribution >= 0.6 is 11.3 Å². The summed E-state index contributed by atoms with van der Waals surface area (Å²) in [6.45, 7) is 8.35. The SMILES string of the molecule is C1COCCO1.COc1ccccc1Oc1c(NS(=O)(=O)c2ccc(C(C)(C)C)cc2)nc(-c2ccsc2)nc1OC[C@H](O)CO. The predicted molar refractivity (Wildman–Crippen MR) is 175 cm³/mol. The summed E-state index contributed by atoms with van der Waals surface area (Å²) >= 11 is 1.41. The Morgan fingerprint density at radius 1 is 0.978 bits per heavy atom. The zero-order chi connectivity index (χ0) is 33.2. The largest absolute Gasteiger partial charge is 0.493 e. The fourth-order valence-electron chi connectivity index (χ4n) is 4.01. The lowest BCUT2D eigenvalue weighted by Crippen LogP contribution is -2.22. The summed E-state index contributed by atoms with van der Waals surface area (Å²) in [5.41, 5.74) is 1.45. The first-order valence-corrected chi connectivity index (χ1v) is 16.9. The number of sulfonamides is 1. The van der Waals surface area contributed by atoms with Crippen LogP contribution in [-0.2, 0) is 24.9 Å². The highest BCUT2D eigenvalue weighted by atomic mass is 32.2. The molecule has 248 valence electrons. The molecular weight excluding hydrogens is 634 g/mol. The van der Waals surface area contributed by atoms with Gasteiger partial charge in [-0.05, 0) is 46.7 Å². The third-order valence-corrected chi connectivity index (χ3v) is 8.56. The quantitative estimate of drug-likeness (QED) is 0.199. The van der Waals surface area contributed by atoms with Crippen molar-refractivity contribution in [2.24, 2.45) is 0 Å². The number of benzene rings is 2. The summed E-state index contributed by atoms with van der Waals surface area (Å²) in [5.74, 6) is 0.314. The minimum Gasteiger partial charge on any atom is -0.493 e. The van der Waals surface area contributed by atoms with Crippen molar-refractivity contribution in [2.75, 3.05) is 51.5 Å². The lowest BCUT2D eigenvalue weighted by atomic mass is 9.87. The summed E-state index contributed by atoms with van der Waals surface area (Å²) < 4.78 is 56.7. The Morgan fingerprint density at radius 3 is 2.17 bits per heavy atom. The molecule has 4 aromatic rings. The van der Waals surface area contributed by atoms with Crippen LogP contribution in [0, 0.1) is 0 Å². The van der Waals surface area contributed by atoms with E-state index in [1.807, 2.05) is 26.2 Å². The molecule has 1 aliphatic rings. The van der Waals surface area contributed by atoms with Crippen molar-refractivity contribution >= 4 is 27.2 Å². The number of anilines is 1. The van der Waals surface area contributed by atoms with Crippen LogP contribution in [0.3, 0.4) is 0 Å². The smallest absolute Gasteiger partial charge is 0.263 e. The number of ether oxygens (including phenoxy) is 5. The van der Waals surface area contributed by atoms with Gasteiger partial charge in [0.25, 0.3) is 15.9 Å². The zero-order valence-corrected chi connectivity index (χ0v) is 27.8. The van der Waals surface area contributed by atoms with Crippen LogP contribution in [-0.4, -0.2) is 81.5 Å². The minimum atomic E-state index is -4.14. The van der Waals surface area contributed by atoms with E-state index in [2.05, 4.69) is 14.7 Å². The van der Waals surface area contributed by atoms with Crippen molar-refractivity contribution in [3.05, 3.63) is 70.9 Å². The molecule has 46 heavy (non-hydrogen) atoms. The van der Waals surface area contributed by atoms with Crippen LogP contribution in [0.25, 0.3) is 11.4 Å². The number of hydrogen-bond acceptors (Lipinski definition) is 12. The second-order valence-electron chi connectivity index (χ2n) is 11.0. The van der Waals surface area contributed by atoms with Gasteiger partial charge < -0.3 is 33.9 Å². The summed E-state index contributed by atoms with van der Waals surface area (Å²) in [6, 6.07) is 15.1. The van der Waals surface area contributed by atoms with Crippen LogP contribution < -0.4 is 18.9 Å². The number of para-hydroxylation sites is 2. The number of methoxy groups -OCH3 is 1. The first-order valence-electron chi connectivity index (χ1n) is 14.5. The number of nitrogens with zero attached hydrogens (tertiary/aromatic N) is 2. The van der Waals surface area contributed by atoms with Gasteiger partial charge in [0.05, 0.1) is 45.0 Å². The number of aromatic nitrogens is 2. The molecule has 5 rings (SSSR count). The maximum atomic E-state index is 13.5. The second kappa shape index (κ2) is 16.2. The predicted octanol–water partition coefficient (Wildman–Crippen LogP) is 4.87. The molecule has 0 saturated carbocycles. The first-order chi connectivity index (χ1) is 22.0. The van der Waals surface area contributed by atoms with Crippen molar-refractivity contribution in [2.45, 2.75) is 37.2 Å². The Morgan fingerprint density at radius 2 is 1.63 bits per heavy atom. The van der Waals surface area contributed by atoms with E-state index in [1.54, 1.807) is 47.8 Å². The molecule has 0 spiro atoms. The van der Waals surface area contributed by atoms with E-state index in [0.29, 0.717) is 11.3 Å². The molecule has 3 heterocycles. The lowest BCUT2D eigenvalue weighted by molar-refractivity contribution is -0.0334. The molecule has 12 nitrogen and oxygen atoms in total. The molecule has 1 aliphatic heterocycles. The van der Waals surface area contributed by atoms with E-state index in [1.165, 1.54) is 30.6 Å². The van der Waals surface area contributed by atoms with Crippen LogP contribution in [0.2, 0.25) is 0 Å². The third kappa shape index (κ3) is 9.61. The number of nitrogens with one attached hydrogen (secondary N) is 1. The van der Waals surface area contributed by atoms with Gasteiger partial charge in [0.15, 0.2) is 23.1 Å². The number of hydrogen-bond donors (Lipinski definition) is 3. The average Bonchev–Trinajstić information content (AvgIpc) is 3.61. The minimum absolute atomic E-state index is 0.0256. The number of aliphatic hydroxyl groups excluding tert-OH is 2. The Labute approximate surface area is 273 Å². The van der Waals surface area contributed by atoms with Gasteiger partial charge in [-0.1, -0.05) is 45.0 Å². The maximum absolute atomic E-state index is 13.5. The molecule has 2 aromatic carbocycles. The van der Waals surface area contributed by atoms with E-state index in [9.17, 15) is 18.6 Å². The van der Waals surface area contributed by atoms with Gasteiger partial charge >= 0.3 is 0 Å². The monoisotopic (exact) mass is 673 g/mol. The maximum Gasteiger partial charge on any atom is 0.263 e. The standard InChI is InChI=1S/C28H31N3O7S2.C4H8O2/c1-28(2,3)19-9-11-21(12-10-19)40(34,35)31-26-24(38-23-8-6-5-7-22(23)36-4)27(37-16-20(33)15-32)30-25(29-26)18-13-14-39-17-18;1-2-6-4-3-5-1/h5-14,17,20,32-33H,15-16H2,1-4H3,(H,29,30,31);1-4H2/t20-;/m1./s1. The summed E-state index contributed by atoms with van der Waals surface area (Å²) in [5, 5.41) is 22.8. The molecule has 0 bridgehead atoms. The van der Waals surface area contributed by atoms with Crippen molar-refractivity contribution in [3.8, 4) is 34.5 Å². The van der Waals surface area contributed by atoms with E-state index in [4.69, 9.17) is 23.7 Å². The van der Waals surface area contributed by atoms with Crippen molar-refractivity contribution in [1.29, 1.82) is 0 Å². The molecule has 2 aromatic heterocycles. The lowest BCUT2D eigenvalue weighted by Gasteiger charge is -2.20. The van der Waals surface area contributed by atoms with E-state index >= 15 is 0 Å². The van der Waals surface area contributed by atoms with Gasteiger partial charge in [0.1, 0.15) is 12.7 Å². The van der Waals surface area contributed by atoms with E-state index < -0.39 is 22.7 Å². The van der Waals surface area contributed by atoms with E-state index in [0.717, 1.165) is 32.0 Å². The summed E-state index contributed by atoms with van der Waals surface area (Å²) in [4.78, 5) is 8.97. The van der Waals surface area contributed by atoms with Gasteiger partial charge in [-0.2, -0.15) is 16.3 Å². The molecule has 0 amide bonds. The Hall–Kier alpha value is -3.79. The fraction of sp³-hybridized carbons (Fsp3) is 0.375. The summed E-state index contributed by atoms with van der Waals surface area (Å²) in [7, 11) is -2.67. The van der Waals surface area contributed by atoms with Crippen LogP contribution in [0.15, 0.2) is 70.3 Å². The third-order valence-electron chi connectivity index (χ3n) is 6.52. The average molecular weight is 674 g/mol. The second-order valence-corrected chi connectivity index (χ2v) is 13.5.